The van der Waals surface area contributed by atoms with E-state index in [1.165, 1.54) is 0 Å². The Kier molecular flexibility index (Phi) is 5.06. The molecule has 0 aromatic heterocycles. The molecule has 0 unspecified atom stereocenters. The highest BCUT2D eigenvalue weighted by Crippen LogP contribution is 2.05. The molecule has 0 bridgehead atoms. The van der Waals surface area contributed by atoms with E-state index in [2.05, 4.69) is 10.3 Å². The molecule has 1 N–H and O–H groups in total. The molecule has 0 aliphatic carbocycles. The van der Waals surface area contributed by atoms with Crippen LogP contribution in [0, 0.1) is 10.4 Å². The quantitative estimate of drug-likeness (QED) is 0.488. The lowest BCUT2D eigenvalue weighted by Crippen LogP contribution is -2.14. The molecule has 0 aliphatic heterocycles. The Bertz CT molecular complexity index is 158. The molecule has 0 heterocycles. The third-order valence-electron chi connectivity index (χ3n) is 1.36. The minimum atomic E-state index is -0.840. The number of carbonyl (C=O) groups is 1. The molecule has 0 aromatic carbocycles. The predicted octanol–water partition coefficient (Wildman–Crippen LogP) is 1.87. The molecule has 0 aromatic rings. The molecule has 1 atom stereocenters. The van der Waals surface area contributed by atoms with Gasteiger partial charge in [0, 0.05) is 5.18 Å². The highest BCUT2D eigenvalue weighted by molar-refractivity contribution is 5.82. The summed E-state index contributed by atoms with van der Waals surface area (Å²) in [5.41, 5.74) is 6.58. The van der Waals surface area contributed by atoms with Crippen LogP contribution in [0.2, 0.25) is 0 Å². The lowest BCUT2D eigenvalue weighted by molar-refractivity contribution is -0.119. The van der Waals surface area contributed by atoms with Crippen molar-refractivity contribution in [2.75, 3.05) is 0 Å². The molecule has 1 amide bonds. The van der Waals surface area contributed by atoms with Crippen LogP contribution < -0.4 is 0 Å². The number of carbonyl (C=O) groups excluding carboxylic acids is 1. The van der Waals surface area contributed by atoms with Crippen molar-refractivity contribution in [2.45, 2.75) is 32.2 Å². The Balaban J connectivity index is 3.84. The number of nitroso groups, excluding NO2 is 1. The van der Waals surface area contributed by atoms with Crippen LogP contribution in [0.25, 0.3) is 0 Å². The Morgan fingerprint density at radius 1 is 1.64 bits per heavy atom. The second-order valence-electron chi connectivity index (χ2n) is 2.22. The molecule has 5 heteroatoms. The summed E-state index contributed by atoms with van der Waals surface area (Å²) in [6, 6.07) is -0.840. The SMILES string of the molecule is CCCC[C@H](N=N)C(=O)N=O. The minimum Gasteiger partial charge on any atom is -0.266 e. The van der Waals surface area contributed by atoms with Crippen LogP contribution in [0.3, 0.4) is 0 Å². The summed E-state index contributed by atoms with van der Waals surface area (Å²) < 4.78 is 0. The van der Waals surface area contributed by atoms with Crippen molar-refractivity contribution in [3.8, 4) is 0 Å². The van der Waals surface area contributed by atoms with E-state index in [-0.39, 0.29) is 0 Å². The van der Waals surface area contributed by atoms with Crippen molar-refractivity contribution < 1.29 is 4.79 Å². The van der Waals surface area contributed by atoms with Crippen LogP contribution in [-0.2, 0) is 4.79 Å². The van der Waals surface area contributed by atoms with Crippen molar-refractivity contribution in [3.63, 3.8) is 0 Å². The number of nitrogens with zero attached hydrogens (tertiary/aromatic N) is 2. The predicted molar refractivity (Wildman–Crippen MR) is 39.3 cm³/mol. The molecule has 0 fully saturated rings. The normalized spacial score (nSPS) is 12.1. The van der Waals surface area contributed by atoms with Crippen molar-refractivity contribution in [3.05, 3.63) is 4.91 Å². The number of nitrogens with one attached hydrogen (secondary N) is 1. The Morgan fingerprint density at radius 2 is 2.27 bits per heavy atom. The lowest BCUT2D eigenvalue weighted by atomic mass is 10.1. The van der Waals surface area contributed by atoms with E-state index in [1.54, 1.807) is 0 Å². The summed E-state index contributed by atoms with van der Waals surface area (Å²) in [5, 5.41) is 5.21. The molecule has 0 aliphatic rings. The van der Waals surface area contributed by atoms with Crippen LogP contribution >= 0.6 is 0 Å². The van der Waals surface area contributed by atoms with E-state index in [1.807, 2.05) is 6.92 Å². The van der Waals surface area contributed by atoms with Crippen LogP contribution in [0.5, 0.6) is 0 Å². The second-order valence-corrected chi connectivity index (χ2v) is 2.22. The Labute approximate surface area is 64.7 Å². The average molecular weight is 157 g/mol. The summed E-state index contributed by atoms with van der Waals surface area (Å²) in [6.45, 7) is 1.96. The van der Waals surface area contributed by atoms with Gasteiger partial charge >= 0.3 is 5.91 Å². The number of unbranched alkanes of at least 4 members (excludes halogenated alkanes) is 1. The smallest absolute Gasteiger partial charge is 0.266 e. The third-order valence-corrected chi connectivity index (χ3v) is 1.36. The standard InChI is InChI=1S/C6H11N3O2/c1-2-3-4-5(8-7)6(10)9-11/h5,7H,2-4H2,1H3/t5-/m0/s1. The van der Waals surface area contributed by atoms with Gasteiger partial charge in [-0.05, 0) is 6.42 Å². The van der Waals surface area contributed by atoms with Crippen LogP contribution in [0.1, 0.15) is 26.2 Å². The highest BCUT2D eigenvalue weighted by atomic mass is 16.3. The van der Waals surface area contributed by atoms with Gasteiger partial charge in [0.25, 0.3) is 0 Å². The van der Waals surface area contributed by atoms with Gasteiger partial charge in [-0.2, -0.15) is 5.11 Å². The monoisotopic (exact) mass is 157 g/mol. The number of amides is 1. The van der Waals surface area contributed by atoms with Crippen LogP contribution in [0.4, 0.5) is 0 Å². The lowest BCUT2D eigenvalue weighted by Gasteiger charge is -2.01. The maximum atomic E-state index is 10.6. The van der Waals surface area contributed by atoms with Gasteiger partial charge in [-0.15, -0.1) is 4.91 Å². The summed E-state index contributed by atoms with van der Waals surface area (Å²) >= 11 is 0. The molecule has 0 rings (SSSR count). The van der Waals surface area contributed by atoms with Gasteiger partial charge in [-0.1, -0.05) is 19.8 Å². The van der Waals surface area contributed by atoms with Crippen LogP contribution in [-0.4, -0.2) is 11.9 Å². The molecule has 0 saturated carbocycles. The fraction of sp³-hybridized carbons (Fsp3) is 0.833. The van der Waals surface area contributed by atoms with E-state index < -0.39 is 11.9 Å². The topological polar surface area (TPSA) is 82.7 Å². The number of rotatable bonds is 5. The molecule has 0 saturated heterocycles. The summed E-state index contributed by atoms with van der Waals surface area (Å²) in [7, 11) is 0. The van der Waals surface area contributed by atoms with Gasteiger partial charge in [0.1, 0.15) is 0 Å². The third kappa shape index (κ3) is 3.54. The molecule has 0 radical (unpaired) electrons. The van der Waals surface area contributed by atoms with Gasteiger partial charge in [-0.3, -0.25) is 4.79 Å². The molecular weight excluding hydrogens is 146 g/mol. The molecule has 11 heavy (non-hydrogen) atoms. The Hall–Kier alpha value is -1.13. The average Bonchev–Trinajstić information content (AvgIpc) is 2.05. The highest BCUT2D eigenvalue weighted by Gasteiger charge is 2.16. The first-order chi connectivity index (χ1) is 5.26. The largest absolute Gasteiger partial charge is 0.312 e. The zero-order valence-corrected chi connectivity index (χ0v) is 6.41. The maximum Gasteiger partial charge on any atom is 0.312 e. The molecule has 62 valence electrons. The van der Waals surface area contributed by atoms with Gasteiger partial charge in [0.15, 0.2) is 6.04 Å². The Morgan fingerprint density at radius 3 is 2.64 bits per heavy atom. The van der Waals surface area contributed by atoms with E-state index in [0.717, 1.165) is 12.8 Å². The minimum absolute atomic E-state index is 0.449. The summed E-state index contributed by atoms with van der Waals surface area (Å²) in [6.07, 6.45) is 2.15. The zero-order chi connectivity index (χ0) is 8.69. The summed E-state index contributed by atoms with van der Waals surface area (Å²) in [5.74, 6) is -0.839. The second kappa shape index (κ2) is 5.64. The van der Waals surface area contributed by atoms with Gasteiger partial charge in [-0.25, -0.2) is 5.53 Å². The number of hydrogen-bond donors (Lipinski definition) is 1. The van der Waals surface area contributed by atoms with Crippen LogP contribution in [0.15, 0.2) is 10.3 Å². The van der Waals surface area contributed by atoms with Gasteiger partial charge in [0.2, 0.25) is 0 Å². The van der Waals surface area contributed by atoms with Crippen molar-refractivity contribution >= 4 is 5.91 Å². The zero-order valence-electron chi connectivity index (χ0n) is 6.41. The maximum absolute atomic E-state index is 10.6. The first-order valence-electron chi connectivity index (χ1n) is 3.50. The fourth-order valence-corrected chi connectivity index (χ4v) is 0.702. The van der Waals surface area contributed by atoms with Gasteiger partial charge in [0.05, 0.1) is 0 Å². The van der Waals surface area contributed by atoms with Crippen molar-refractivity contribution in [2.24, 2.45) is 10.3 Å². The van der Waals surface area contributed by atoms with E-state index >= 15 is 0 Å². The van der Waals surface area contributed by atoms with E-state index in [9.17, 15) is 9.70 Å². The number of hydrogen-bond acceptors (Lipinski definition) is 4. The van der Waals surface area contributed by atoms with Crippen molar-refractivity contribution in [1.29, 1.82) is 5.53 Å². The van der Waals surface area contributed by atoms with Crippen molar-refractivity contribution in [1.82, 2.24) is 0 Å². The molecule has 0 spiro atoms. The molecular formula is C6H11N3O2. The van der Waals surface area contributed by atoms with E-state index in [4.69, 9.17) is 5.53 Å². The molecule has 5 nitrogen and oxygen atoms in total. The summed E-state index contributed by atoms with van der Waals surface area (Å²) in [4.78, 5) is 20.3. The first kappa shape index (κ1) is 9.87. The van der Waals surface area contributed by atoms with E-state index in [0.29, 0.717) is 6.42 Å². The fourth-order valence-electron chi connectivity index (χ4n) is 0.702. The van der Waals surface area contributed by atoms with Gasteiger partial charge < -0.3 is 0 Å². The first-order valence-corrected chi connectivity index (χ1v) is 3.50.